The van der Waals surface area contributed by atoms with Crippen molar-refractivity contribution in [2.45, 2.75) is 57.0 Å². The van der Waals surface area contributed by atoms with Crippen LogP contribution >= 0.6 is 0 Å². The Bertz CT molecular complexity index is 813. The Balaban J connectivity index is 1.34. The zero-order chi connectivity index (χ0) is 18.2. The number of piperazine rings is 1. The molecule has 0 radical (unpaired) electrons. The molecule has 6 nitrogen and oxygen atoms in total. The highest BCUT2D eigenvalue weighted by Gasteiger charge is 2.31. The Morgan fingerprint density at radius 1 is 1.00 bits per heavy atom. The number of aromatic nitrogens is 2. The molecule has 2 aliphatic carbocycles. The monoisotopic (exact) mass is 367 g/mol. The molecule has 6 heteroatoms. The Kier molecular flexibility index (Phi) is 4.52. The molecular weight excluding hydrogens is 338 g/mol. The molecule has 0 bridgehead atoms. The molecule has 1 aromatic carbocycles. The van der Waals surface area contributed by atoms with E-state index in [-0.39, 0.29) is 6.03 Å². The fourth-order valence-corrected chi connectivity index (χ4v) is 4.70. The van der Waals surface area contributed by atoms with Crippen molar-refractivity contribution in [3.8, 4) is 0 Å². The fourth-order valence-electron chi connectivity index (χ4n) is 4.70. The molecule has 0 spiro atoms. The lowest BCUT2D eigenvalue weighted by atomic mass is 9.96. The van der Waals surface area contributed by atoms with Gasteiger partial charge in [0.15, 0.2) is 0 Å². The maximum absolute atomic E-state index is 12.8. The van der Waals surface area contributed by atoms with Crippen LogP contribution in [0.3, 0.4) is 0 Å². The minimum absolute atomic E-state index is 0.0416. The normalized spacial score (nSPS) is 22.3. The second kappa shape index (κ2) is 7.15. The van der Waals surface area contributed by atoms with Crippen LogP contribution in [0.2, 0.25) is 0 Å². The molecule has 1 amide bonds. The van der Waals surface area contributed by atoms with Crippen LogP contribution in [0.1, 0.15) is 44.9 Å². The second-order valence-corrected chi connectivity index (χ2v) is 8.30. The molecule has 1 saturated heterocycles. The smallest absolute Gasteiger partial charge is 0.327 e. The third-order valence-corrected chi connectivity index (χ3v) is 6.43. The number of hydrogen-bond donors (Lipinski definition) is 1. The average Bonchev–Trinajstić information content (AvgIpc) is 3.47. The van der Waals surface area contributed by atoms with Gasteiger partial charge in [-0.2, -0.15) is 0 Å². The number of hydrogen-bond acceptors (Lipinski definition) is 4. The van der Waals surface area contributed by atoms with E-state index in [2.05, 4.69) is 32.2 Å². The molecule has 144 valence electrons. The van der Waals surface area contributed by atoms with Crippen LogP contribution in [-0.4, -0.2) is 58.7 Å². The molecule has 3 fully saturated rings. The first-order chi connectivity index (χ1) is 13.3. The van der Waals surface area contributed by atoms with E-state index >= 15 is 0 Å². The lowest BCUT2D eigenvalue weighted by Gasteiger charge is -2.36. The summed E-state index contributed by atoms with van der Waals surface area (Å²) in [6, 6.07) is 7.31. The predicted molar refractivity (Wildman–Crippen MR) is 107 cm³/mol. The molecule has 5 rings (SSSR count). The summed E-state index contributed by atoms with van der Waals surface area (Å²) in [5.74, 6) is 0. The molecule has 27 heavy (non-hydrogen) atoms. The van der Waals surface area contributed by atoms with Gasteiger partial charge in [-0.3, -0.25) is 9.47 Å². The van der Waals surface area contributed by atoms with Crippen molar-refractivity contribution in [2.24, 2.45) is 0 Å². The molecule has 1 N–H and O–H groups in total. The maximum atomic E-state index is 12.8. The van der Waals surface area contributed by atoms with Crippen LogP contribution in [0.5, 0.6) is 0 Å². The number of carbonyl (C=O) groups is 1. The van der Waals surface area contributed by atoms with Gasteiger partial charge in [0.1, 0.15) is 11.8 Å². The first kappa shape index (κ1) is 17.0. The highest BCUT2D eigenvalue weighted by atomic mass is 16.2. The minimum atomic E-state index is -0.0416. The van der Waals surface area contributed by atoms with Gasteiger partial charge in [-0.25, -0.2) is 9.78 Å². The molecular formula is C21H29N5O. The first-order valence-corrected chi connectivity index (χ1v) is 10.6. The third-order valence-electron chi connectivity index (χ3n) is 6.43. The van der Waals surface area contributed by atoms with Gasteiger partial charge in [0.2, 0.25) is 0 Å². The molecule has 2 heterocycles. The Morgan fingerprint density at radius 3 is 2.52 bits per heavy atom. The Labute approximate surface area is 160 Å². The van der Waals surface area contributed by atoms with Gasteiger partial charge < -0.3 is 10.2 Å². The third kappa shape index (κ3) is 3.43. The van der Waals surface area contributed by atoms with Crippen LogP contribution in [0.4, 0.5) is 10.5 Å². The van der Waals surface area contributed by atoms with E-state index in [4.69, 9.17) is 0 Å². The van der Waals surface area contributed by atoms with Crippen molar-refractivity contribution in [1.29, 1.82) is 0 Å². The molecule has 1 aliphatic heterocycles. The van der Waals surface area contributed by atoms with Crippen molar-refractivity contribution in [1.82, 2.24) is 19.8 Å². The standard InChI is InChI=1S/C21H29N5O/c27-21(23-16-5-2-1-3-6-16)26-15-22-20-18(7-4-8-19(20)26)25-13-11-24(12-14-25)17-9-10-17/h4,7-8,15-17H,1-3,5-6,9-14H2,(H,23,27). The van der Waals surface area contributed by atoms with Gasteiger partial charge in [-0.05, 0) is 37.8 Å². The van der Waals surface area contributed by atoms with Gasteiger partial charge in [0.25, 0.3) is 0 Å². The summed E-state index contributed by atoms with van der Waals surface area (Å²) in [6.07, 6.45) is 10.3. The number of carbonyl (C=O) groups excluding carboxylic acids is 1. The Hall–Kier alpha value is -2.08. The number of para-hydroxylation sites is 1. The highest BCUT2D eigenvalue weighted by Crippen LogP contribution is 2.30. The van der Waals surface area contributed by atoms with E-state index in [9.17, 15) is 4.79 Å². The molecule has 2 aromatic rings. The van der Waals surface area contributed by atoms with Gasteiger partial charge in [-0.1, -0.05) is 25.3 Å². The SMILES string of the molecule is O=C(NC1CCCCC1)n1cnc2c(N3CCN(C4CC4)CC3)cccc21. The first-order valence-electron chi connectivity index (χ1n) is 10.6. The van der Waals surface area contributed by atoms with Crippen molar-refractivity contribution in [2.75, 3.05) is 31.1 Å². The van der Waals surface area contributed by atoms with E-state index in [0.29, 0.717) is 6.04 Å². The number of nitrogens with zero attached hydrogens (tertiary/aromatic N) is 4. The molecule has 1 aromatic heterocycles. The molecule has 2 saturated carbocycles. The van der Waals surface area contributed by atoms with Crippen molar-refractivity contribution >= 4 is 22.8 Å². The zero-order valence-corrected chi connectivity index (χ0v) is 15.9. The van der Waals surface area contributed by atoms with E-state index in [0.717, 1.165) is 61.8 Å². The Morgan fingerprint density at radius 2 is 1.78 bits per heavy atom. The number of nitrogens with one attached hydrogen (secondary N) is 1. The summed E-state index contributed by atoms with van der Waals surface area (Å²) in [7, 11) is 0. The number of imidazole rings is 1. The van der Waals surface area contributed by atoms with Gasteiger partial charge >= 0.3 is 6.03 Å². The summed E-state index contributed by atoms with van der Waals surface area (Å²) >= 11 is 0. The highest BCUT2D eigenvalue weighted by molar-refractivity contribution is 5.95. The lowest BCUT2D eigenvalue weighted by molar-refractivity contribution is 0.235. The summed E-state index contributed by atoms with van der Waals surface area (Å²) in [5.41, 5.74) is 3.01. The summed E-state index contributed by atoms with van der Waals surface area (Å²) < 4.78 is 1.69. The van der Waals surface area contributed by atoms with Crippen molar-refractivity contribution in [3.05, 3.63) is 24.5 Å². The van der Waals surface area contributed by atoms with Gasteiger partial charge in [0, 0.05) is 38.3 Å². The van der Waals surface area contributed by atoms with Crippen molar-refractivity contribution < 1.29 is 4.79 Å². The van der Waals surface area contributed by atoms with Crippen molar-refractivity contribution in [3.63, 3.8) is 0 Å². The quantitative estimate of drug-likeness (QED) is 0.905. The summed E-state index contributed by atoms with van der Waals surface area (Å²) in [6.45, 7) is 4.33. The van der Waals surface area contributed by atoms with Crippen LogP contribution in [0, 0.1) is 0 Å². The van der Waals surface area contributed by atoms with Crippen LogP contribution in [0.25, 0.3) is 11.0 Å². The summed E-state index contributed by atoms with van der Waals surface area (Å²) in [5, 5.41) is 3.20. The molecule has 0 atom stereocenters. The zero-order valence-electron chi connectivity index (χ0n) is 15.9. The fraction of sp³-hybridized carbons (Fsp3) is 0.619. The van der Waals surface area contributed by atoms with E-state index in [1.54, 1.807) is 10.9 Å². The van der Waals surface area contributed by atoms with Gasteiger partial charge in [-0.15, -0.1) is 0 Å². The number of rotatable bonds is 3. The number of amides is 1. The minimum Gasteiger partial charge on any atom is -0.367 e. The van der Waals surface area contributed by atoms with Crippen LogP contribution < -0.4 is 10.2 Å². The van der Waals surface area contributed by atoms with E-state index in [1.807, 2.05) is 6.07 Å². The number of anilines is 1. The largest absolute Gasteiger partial charge is 0.367 e. The predicted octanol–water partition coefficient (Wildman–Crippen LogP) is 3.21. The number of benzene rings is 1. The maximum Gasteiger partial charge on any atom is 0.327 e. The molecule has 0 unspecified atom stereocenters. The van der Waals surface area contributed by atoms with E-state index in [1.165, 1.54) is 32.1 Å². The second-order valence-electron chi connectivity index (χ2n) is 8.30. The number of fused-ring (bicyclic) bond motifs is 1. The van der Waals surface area contributed by atoms with Crippen LogP contribution in [0.15, 0.2) is 24.5 Å². The topological polar surface area (TPSA) is 53.4 Å². The molecule has 3 aliphatic rings. The summed E-state index contributed by atoms with van der Waals surface area (Å²) in [4.78, 5) is 22.5. The van der Waals surface area contributed by atoms with Gasteiger partial charge in [0.05, 0.1) is 11.2 Å². The average molecular weight is 367 g/mol. The van der Waals surface area contributed by atoms with E-state index < -0.39 is 0 Å². The van der Waals surface area contributed by atoms with Crippen LogP contribution in [-0.2, 0) is 0 Å². The lowest BCUT2D eigenvalue weighted by Crippen LogP contribution is -2.47.